The monoisotopic (exact) mass is 470 g/mol. The summed E-state index contributed by atoms with van der Waals surface area (Å²) in [5.41, 5.74) is -0.784. The van der Waals surface area contributed by atoms with Gasteiger partial charge in [-0.3, -0.25) is 19.2 Å². The Kier molecular flexibility index (Phi) is 6.19. The Morgan fingerprint density at radius 1 is 1.18 bits per heavy atom. The summed E-state index contributed by atoms with van der Waals surface area (Å²) in [6, 6.07) is 0. The summed E-state index contributed by atoms with van der Waals surface area (Å²) in [6.45, 7) is 11.5. The third-order valence-corrected chi connectivity index (χ3v) is 9.68. The van der Waals surface area contributed by atoms with Crippen molar-refractivity contribution in [1.29, 1.82) is 0 Å². The molecule has 0 heterocycles. The summed E-state index contributed by atoms with van der Waals surface area (Å²) in [7, 11) is 0. The zero-order valence-corrected chi connectivity index (χ0v) is 21.3. The van der Waals surface area contributed by atoms with Gasteiger partial charge in [-0.05, 0) is 67.4 Å². The first-order valence-corrected chi connectivity index (χ1v) is 12.7. The van der Waals surface area contributed by atoms with Crippen molar-refractivity contribution in [2.75, 3.05) is 6.61 Å². The molecule has 0 aliphatic heterocycles. The first kappa shape index (κ1) is 24.9. The summed E-state index contributed by atoms with van der Waals surface area (Å²) in [4.78, 5) is 49.9. The number of Topliss-reactive ketones (excluding diaryl/α,β-unsaturated/α-hetero) is 1. The van der Waals surface area contributed by atoms with Crippen LogP contribution < -0.4 is 0 Å². The van der Waals surface area contributed by atoms with Gasteiger partial charge in [0.15, 0.2) is 18.0 Å². The first-order valence-electron chi connectivity index (χ1n) is 12.7. The fraction of sp³-hybridized carbons (Fsp3) is 0.714. The van der Waals surface area contributed by atoms with E-state index in [0.29, 0.717) is 18.3 Å². The van der Waals surface area contributed by atoms with E-state index in [4.69, 9.17) is 9.47 Å². The van der Waals surface area contributed by atoms with Crippen LogP contribution in [0.1, 0.15) is 73.6 Å². The predicted octanol–water partition coefficient (Wildman–Crippen LogP) is 4.61. The molecule has 0 amide bonds. The van der Waals surface area contributed by atoms with Gasteiger partial charge in [0.25, 0.3) is 0 Å². The maximum absolute atomic E-state index is 13.6. The number of esters is 2. The third-order valence-electron chi connectivity index (χ3n) is 9.68. The van der Waals surface area contributed by atoms with Gasteiger partial charge in [0.05, 0.1) is 0 Å². The minimum Gasteiger partial charge on any atom is -0.458 e. The quantitative estimate of drug-likeness (QED) is 0.546. The van der Waals surface area contributed by atoms with E-state index in [1.165, 1.54) is 12.5 Å². The number of ether oxygens (including phenoxy) is 2. The Morgan fingerprint density at radius 3 is 2.53 bits per heavy atom. The molecule has 0 saturated heterocycles. The molecule has 0 aromatic heterocycles. The van der Waals surface area contributed by atoms with Gasteiger partial charge in [0.2, 0.25) is 5.78 Å². The fourth-order valence-corrected chi connectivity index (χ4v) is 8.53. The lowest BCUT2D eigenvalue weighted by Crippen LogP contribution is -2.62. The van der Waals surface area contributed by atoms with Gasteiger partial charge in [0.1, 0.15) is 0 Å². The summed E-state index contributed by atoms with van der Waals surface area (Å²) >= 11 is 0. The van der Waals surface area contributed by atoms with Gasteiger partial charge in [-0.15, -0.1) is 0 Å². The minimum absolute atomic E-state index is 0.0634. The zero-order chi connectivity index (χ0) is 25.1. The molecule has 0 spiro atoms. The van der Waals surface area contributed by atoms with Gasteiger partial charge in [-0.1, -0.05) is 46.3 Å². The Labute approximate surface area is 202 Å². The molecule has 186 valence electrons. The molecular weight excluding hydrogens is 432 g/mol. The normalized spacial score (nSPS) is 42.7. The molecule has 4 aliphatic rings. The van der Waals surface area contributed by atoms with E-state index in [1.54, 1.807) is 13.0 Å². The maximum Gasteiger partial charge on any atom is 0.306 e. The van der Waals surface area contributed by atoms with Gasteiger partial charge >= 0.3 is 11.9 Å². The van der Waals surface area contributed by atoms with Gasteiger partial charge in [0, 0.05) is 24.2 Å². The van der Waals surface area contributed by atoms with Crippen LogP contribution in [0.2, 0.25) is 0 Å². The minimum atomic E-state index is -1.28. The van der Waals surface area contributed by atoms with Crippen molar-refractivity contribution in [2.45, 2.75) is 79.2 Å². The number of hydrogen-bond acceptors (Lipinski definition) is 6. The van der Waals surface area contributed by atoms with Crippen LogP contribution in [0.4, 0.5) is 0 Å². The molecule has 4 rings (SSSR count). The van der Waals surface area contributed by atoms with E-state index in [9.17, 15) is 19.2 Å². The molecule has 0 aromatic rings. The average molecular weight is 471 g/mol. The number of carbonyl (C=O) groups excluding carboxylic acids is 4. The fourth-order valence-electron chi connectivity index (χ4n) is 8.53. The Hall–Kier alpha value is -2.24. The summed E-state index contributed by atoms with van der Waals surface area (Å²) in [5.74, 6) is 0.249. The smallest absolute Gasteiger partial charge is 0.306 e. The van der Waals surface area contributed by atoms with Crippen LogP contribution in [-0.4, -0.2) is 35.7 Å². The second-order valence-corrected chi connectivity index (χ2v) is 11.5. The predicted molar refractivity (Wildman–Crippen MR) is 126 cm³/mol. The van der Waals surface area contributed by atoms with Crippen LogP contribution >= 0.6 is 0 Å². The van der Waals surface area contributed by atoms with Crippen LogP contribution in [-0.2, 0) is 28.7 Å². The van der Waals surface area contributed by atoms with E-state index in [2.05, 4.69) is 33.8 Å². The largest absolute Gasteiger partial charge is 0.458 e. The molecule has 0 N–H and O–H groups in total. The standard InChI is InChI=1S/C28H38O6/c1-7-24(32)34-28(23(31)15-33-18(4)29)11-9-21-20-12-16(2)22-13-19(30)8-10-26(22,5)25(20)17(3)14-27(21,28)6/h8,10,13,16-17,20-21,25H,7,9,11-12,14-15H2,1-6H3/t16-,17-,20-,21-,25-,26-,27-,28-/m0/s1. The number of hydrogen-bond donors (Lipinski definition) is 0. The highest BCUT2D eigenvalue weighted by Gasteiger charge is 2.70. The van der Waals surface area contributed by atoms with E-state index < -0.39 is 23.0 Å². The highest BCUT2D eigenvalue weighted by atomic mass is 16.6. The Bertz CT molecular complexity index is 977. The van der Waals surface area contributed by atoms with E-state index in [-0.39, 0.29) is 47.8 Å². The molecule has 0 radical (unpaired) electrons. The van der Waals surface area contributed by atoms with Crippen molar-refractivity contribution in [3.8, 4) is 0 Å². The lowest BCUT2D eigenvalue weighted by Gasteiger charge is -2.61. The molecular formula is C28H38O6. The summed E-state index contributed by atoms with van der Waals surface area (Å²) in [6.07, 6.45) is 8.79. The Morgan fingerprint density at radius 2 is 1.88 bits per heavy atom. The van der Waals surface area contributed by atoms with Crippen molar-refractivity contribution in [2.24, 2.45) is 40.4 Å². The van der Waals surface area contributed by atoms with Crippen LogP contribution in [0.5, 0.6) is 0 Å². The molecule has 0 unspecified atom stereocenters. The van der Waals surface area contributed by atoms with Crippen LogP contribution in [0, 0.1) is 40.4 Å². The molecule has 3 saturated carbocycles. The van der Waals surface area contributed by atoms with E-state index >= 15 is 0 Å². The molecule has 34 heavy (non-hydrogen) atoms. The van der Waals surface area contributed by atoms with Gasteiger partial charge in [-0.2, -0.15) is 0 Å². The van der Waals surface area contributed by atoms with Crippen molar-refractivity contribution in [3.05, 3.63) is 23.8 Å². The van der Waals surface area contributed by atoms with E-state index in [1.807, 2.05) is 6.08 Å². The molecule has 6 heteroatoms. The molecule has 3 fully saturated rings. The van der Waals surface area contributed by atoms with Crippen molar-refractivity contribution >= 4 is 23.5 Å². The number of carbonyl (C=O) groups is 4. The molecule has 0 bridgehead atoms. The van der Waals surface area contributed by atoms with Crippen LogP contribution in [0.25, 0.3) is 0 Å². The lowest BCUT2D eigenvalue weighted by atomic mass is 9.43. The highest BCUT2D eigenvalue weighted by Crippen LogP contribution is 2.70. The SMILES string of the molecule is CCC(=O)O[C@]1(C(=O)COC(C)=O)CC[C@H]2[C@@H]3C[C@H](C)C4=CC(=O)C=C[C@]4(C)[C@H]3[C@@H](C)C[C@@]21C. The Balaban J connectivity index is 1.76. The van der Waals surface area contributed by atoms with Gasteiger partial charge in [-0.25, -0.2) is 0 Å². The average Bonchev–Trinajstić information content (AvgIpc) is 3.05. The molecule has 8 atom stereocenters. The molecule has 0 aromatic carbocycles. The van der Waals surface area contributed by atoms with Crippen molar-refractivity contribution in [1.82, 2.24) is 0 Å². The number of ketones is 2. The number of fused-ring (bicyclic) bond motifs is 5. The second-order valence-electron chi connectivity index (χ2n) is 11.5. The van der Waals surface area contributed by atoms with E-state index in [0.717, 1.165) is 19.3 Å². The van der Waals surface area contributed by atoms with Crippen LogP contribution in [0.3, 0.4) is 0 Å². The topological polar surface area (TPSA) is 86.7 Å². The molecule has 6 nitrogen and oxygen atoms in total. The van der Waals surface area contributed by atoms with Crippen LogP contribution in [0.15, 0.2) is 23.8 Å². The zero-order valence-electron chi connectivity index (χ0n) is 21.3. The van der Waals surface area contributed by atoms with Gasteiger partial charge < -0.3 is 9.47 Å². The summed E-state index contributed by atoms with van der Waals surface area (Å²) in [5, 5.41) is 0. The number of rotatable bonds is 5. The number of allylic oxidation sites excluding steroid dienone is 4. The highest BCUT2D eigenvalue weighted by molar-refractivity contribution is 6.01. The summed E-state index contributed by atoms with van der Waals surface area (Å²) < 4.78 is 11.2. The maximum atomic E-state index is 13.6. The first-order chi connectivity index (χ1) is 15.9. The van der Waals surface area contributed by atoms with Crippen molar-refractivity contribution < 1.29 is 28.7 Å². The van der Waals surface area contributed by atoms with Crippen molar-refractivity contribution in [3.63, 3.8) is 0 Å². The third kappa shape index (κ3) is 3.51. The lowest BCUT2D eigenvalue weighted by molar-refractivity contribution is -0.195. The second kappa shape index (κ2) is 8.46. The molecule has 4 aliphatic carbocycles.